The third-order valence-corrected chi connectivity index (χ3v) is 10.6. The number of fused-ring (bicyclic) bond motifs is 5. The topological polar surface area (TPSA) is 20.2 Å². The molecule has 25 heavy (non-hydrogen) atoms. The van der Waals surface area contributed by atoms with Gasteiger partial charge in [-0.2, -0.15) is 0 Å². The molecule has 0 aromatic heterocycles. The minimum atomic E-state index is -0.375. The van der Waals surface area contributed by atoms with Gasteiger partial charge in [-0.3, -0.25) is 0 Å². The summed E-state index contributed by atoms with van der Waals surface area (Å²) in [5, 5.41) is 11.7. The van der Waals surface area contributed by atoms with E-state index in [2.05, 4.69) is 36.7 Å². The summed E-state index contributed by atoms with van der Waals surface area (Å²) in [5.74, 6) is 6.53. The molecule has 144 valence electrons. The molecule has 9 atom stereocenters. The summed E-state index contributed by atoms with van der Waals surface area (Å²) in [4.78, 5) is 0. The highest BCUT2D eigenvalue weighted by Crippen LogP contribution is 2.67. The zero-order valence-electron chi connectivity index (χ0n) is 16.6. The summed E-state index contributed by atoms with van der Waals surface area (Å²) in [6.45, 7) is 7.07. The quantitative estimate of drug-likeness (QED) is 0.531. The van der Waals surface area contributed by atoms with Gasteiger partial charge in [0.15, 0.2) is 0 Å². The van der Waals surface area contributed by atoms with Gasteiger partial charge < -0.3 is 5.11 Å². The second-order valence-electron chi connectivity index (χ2n) is 10.6. The Balaban J connectivity index is 1.56. The fraction of sp³-hybridized carbons (Fsp3) is 1.00. The zero-order chi connectivity index (χ0) is 17.8. The maximum absolute atomic E-state index is 10.6. The lowest BCUT2D eigenvalue weighted by Gasteiger charge is -2.58. The van der Waals surface area contributed by atoms with Crippen molar-refractivity contribution in [1.82, 2.24) is 0 Å². The van der Waals surface area contributed by atoms with Crippen molar-refractivity contribution < 1.29 is 5.11 Å². The van der Waals surface area contributed by atoms with Crippen molar-refractivity contribution in [2.45, 2.75) is 90.6 Å². The summed E-state index contributed by atoms with van der Waals surface area (Å²) < 4.78 is 0. The van der Waals surface area contributed by atoms with Gasteiger partial charge in [0, 0.05) is 5.33 Å². The SMILES string of the molecule is CC[C@]12CC[C@@H]3C4CC[C@@](C)(O)CC4CCC3[C@@H]1CC[C@@H]2C(C)CBr. The van der Waals surface area contributed by atoms with Crippen molar-refractivity contribution in [2.75, 3.05) is 5.33 Å². The lowest BCUT2D eigenvalue weighted by molar-refractivity contribution is -0.107. The van der Waals surface area contributed by atoms with Crippen molar-refractivity contribution in [3.8, 4) is 0 Å². The molecule has 0 aromatic rings. The van der Waals surface area contributed by atoms with Gasteiger partial charge in [-0.1, -0.05) is 29.8 Å². The first-order valence-corrected chi connectivity index (χ1v) is 12.3. The molecular formula is C23H39BrO. The first-order chi connectivity index (χ1) is 11.9. The highest BCUT2D eigenvalue weighted by molar-refractivity contribution is 9.09. The maximum atomic E-state index is 10.6. The Morgan fingerprint density at radius 3 is 2.48 bits per heavy atom. The van der Waals surface area contributed by atoms with E-state index in [0.29, 0.717) is 5.41 Å². The predicted octanol–water partition coefficient (Wildman–Crippen LogP) is 6.43. The summed E-state index contributed by atoms with van der Waals surface area (Å²) in [5.41, 5.74) is 0.279. The molecule has 4 aliphatic carbocycles. The van der Waals surface area contributed by atoms with Gasteiger partial charge in [0.05, 0.1) is 5.60 Å². The van der Waals surface area contributed by atoms with Gasteiger partial charge in [0.2, 0.25) is 0 Å². The molecule has 4 unspecified atom stereocenters. The number of alkyl halides is 1. The normalized spacial score (nSPS) is 53.6. The smallest absolute Gasteiger partial charge is 0.0622 e. The van der Waals surface area contributed by atoms with E-state index < -0.39 is 0 Å². The molecule has 4 aliphatic rings. The van der Waals surface area contributed by atoms with Crippen LogP contribution in [-0.2, 0) is 0 Å². The first kappa shape index (κ1) is 18.8. The Labute approximate surface area is 163 Å². The van der Waals surface area contributed by atoms with E-state index in [4.69, 9.17) is 0 Å². The van der Waals surface area contributed by atoms with Crippen LogP contribution < -0.4 is 0 Å². The predicted molar refractivity (Wildman–Crippen MR) is 109 cm³/mol. The van der Waals surface area contributed by atoms with Gasteiger partial charge >= 0.3 is 0 Å². The number of aliphatic hydroxyl groups is 1. The zero-order valence-corrected chi connectivity index (χ0v) is 18.2. The van der Waals surface area contributed by atoms with Crippen molar-refractivity contribution in [1.29, 1.82) is 0 Å². The molecule has 4 fully saturated rings. The molecule has 0 amide bonds. The van der Waals surface area contributed by atoms with Crippen molar-refractivity contribution in [3.63, 3.8) is 0 Å². The van der Waals surface area contributed by atoms with Gasteiger partial charge in [-0.15, -0.1) is 0 Å². The van der Waals surface area contributed by atoms with Crippen LogP contribution >= 0.6 is 15.9 Å². The van der Waals surface area contributed by atoms with E-state index in [1.807, 2.05) is 0 Å². The van der Waals surface area contributed by atoms with E-state index in [1.165, 1.54) is 56.7 Å². The minimum absolute atomic E-state index is 0.375. The first-order valence-electron chi connectivity index (χ1n) is 11.2. The average molecular weight is 411 g/mol. The van der Waals surface area contributed by atoms with E-state index in [-0.39, 0.29) is 5.60 Å². The largest absolute Gasteiger partial charge is 0.390 e. The molecule has 0 aliphatic heterocycles. The second-order valence-corrected chi connectivity index (χ2v) is 11.3. The van der Waals surface area contributed by atoms with Crippen LogP contribution in [0.15, 0.2) is 0 Å². The Morgan fingerprint density at radius 1 is 1.00 bits per heavy atom. The van der Waals surface area contributed by atoms with Crippen LogP contribution in [0.25, 0.3) is 0 Å². The highest BCUT2D eigenvalue weighted by Gasteiger charge is 2.59. The van der Waals surface area contributed by atoms with Crippen molar-refractivity contribution in [3.05, 3.63) is 0 Å². The minimum Gasteiger partial charge on any atom is -0.390 e. The molecule has 0 radical (unpaired) electrons. The molecule has 0 heterocycles. The van der Waals surface area contributed by atoms with E-state index in [9.17, 15) is 5.11 Å². The molecule has 0 spiro atoms. The summed E-state index contributed by atoms with van der Waals surface area (Å²) in [7, 11) is 0. The van der Waals surface area contributed by atoms with Gasteiger partial charge in [-0.25, -0.2) is 0 Å². The summed E-state index contributed by atoms with van der Waals surface area (Å²) in [6, 6.07) is 0. The third kappa shape index (κ3) is 2.96. The number of halogens is 1. The lowest BCUT2D eigenvalue weighted by atomic mass is 9.47. The monoisotopic (exact) mass is 410 g/mol. The fourth-order valence-electron chi connectivity index (χ4n) is 8.59. The van der Waals surface area contributed by atoms with Crippen LogP contribution in [-0.4, -0.2) is 16.0 Å². The summed E-state index contributed by atoms with van der Waals surface area (Å²) in [6.07, 6.45) is 13.7. The van der Waals surface area contributed by atoms with Crippen LogP contribution in [0.4, 0.5) is 0 Å². The Morgan fingerprint density at radius 2 is 1.76 bits per heavy atom. The Bertz CT molecular complexity index is 488. The highest BCUT2D eigenvalue weighted by atomic mass is 79.9. The van der Waals surface area contributed by atoms with Gasteiger partial charge in [-0.05, 0) is 118 Å². The molecule has 2 heteroatoms. The summed E-state index contributed by atoms with van der Waals surface area (Å²) >= 11 is 3.80. The molecule has 0 bridgehead atoms. The van der Waals surface area contributed by atoms with Crippen LogP contribution in [0.2, 0.25) is 0 Å². The van der Waals surface area contributed by atoms with Crippen LogP contribution in [0, 0.1) is 46.8 Å². The molecule has 0 saturated heterocycles. The van der Waals surface area contributed by atoms with E-state index in [1.54, 1.807) is 0 Å². The molecule has 4 saturated carbocycles. The van der Waals surface area contributed by atoms with Crippen molar-refractivity contribution >= 4 is 15.9 Å². The van der Waals surface area contributed by atoms with E-state index >= 15 is 0 Å². The molecule has 4 rings (SSSR count). The Hall–Kier alpha value is 0.440. The molecule has 0 aromatic carbocycles. The van der Waals surface area contributed by atoms with Crippen LogP contribution in [0.3, 0.4) is 0 Å². The molecule has 1 nitrogen and oxygen atoms in total. The maximum Gasteiger partial charge on any atom is 0.0622 e. The van der Waals surface area contributed by atoms with E-state index in [0.717, 1.165) is 54.3 Å². The third-order valence-electron chi connectivity index (χ3n) is 9.61. The molecule has 1 N–H and O–H groups in total. The van der Waals surface area contributed by atoms with Crippen LogP contribution in [0.5, 0.6) is 0 Å². The standard InChI is InChI=1S/C23H39BrO/c1-4-23-12-10-18-17-9-11-22(3,25)13-16(17)5-6-19(18)21(23)8-7-20(23)15(2)14-24/h15-21,25H,4-14H2,1-3H3/t15?,16?,17?,18-,19?,20-,21+,22-,23-/m1/s1. The Kier molecular flexibility index (Phi) is 5.11. The van der Waals surface area contributed by atoms with Gasteiger partial charge in [0.1, 0.15) is 0 Å². The lowest BCUT2D eigenvalue weighted by Crippen LogP contribution is -2.51. The second kappa shape index (κ2) is 6.80. The van der Waals surface area contributed by atoms with Crippen molar-refractivity contribution in [2.24, 2.45) is 46.8 Å². The molecular weight excluding hydrogens is 372 g/mol. The number of hydrogen-bond acceptors (Lipinski definition) is 1. The van der Waals surface area contributed by atoms with Crippen LogP contribution in [0.1, 0.15) is 85.0 Å². The van der Waals surface area contributed by atoms with Gasteiger partial charge in [0.25, 0.3) is 0 Å². The number of rotatable bonds is 3. The number of hydrogen-bond donors (Lipinski definition) is 1. The fourth-order valence-corrected chi connectivity index (χ4v) is 9.04. The average Bonchev–Trinajstić information content (AvgIpc) is 2.99.